The second-order valence-electron chi connectivity index (χ2n) is 17.2. The Kier molecular flexibility index (Phi) is 8.13. The summed E-state index contributed by atoms with van der Waals surface area (Å²) in [4.78, 5) is 41.6. The SMILES string of the molecule is C/C=C1\CN2COC[C@@]3(C(=O)OC)[C@@H]2Cc2c([nH]c4ccccc24)[C@H](c2c(OC)ccc4c5c([nH]c24)[C@]2(C(=O)OC)C[C@H]4C[C@H]([C@H](C)O)[C@@H]2N(CC5)C4)C[C@@H]13. The molecule has 290 valence electrons. The van der Waals surface area contributed by atoms with Gasteiger partial charge in [0.2, 0.25) is 0 Å². The first-order valence-corrected chi connectivity index (χ1v) is 20.1. The Morgan fingerprint density at radius 2 is 1.84 bits per heavy atom. The lowest BCUT2D eigenvalue weighted by atomic mass is 9.56. The fourth-order valence-electron chi connectivity index (χ4n) is 12.9. The number of aromatic nitrogens is 2. The van der Waals surface area contributed by atoms with Gasteiger partial charge in [-0.25, -0.2) is 0 Å². The zero-order chi connectivity index (χ0) is 38.0. The van der Waals surface area contributed by atoms with E-state index in [0.717, 1.165) is 82.5 Å². The molecule has 0 spiro atoms. The number of piperidine rings is 3. The van der Waals surface area contributed by atoms with Crippen LogP contribution in [0.4, 0.5) is 0 Å². The minimum absolute atomic E-state index is 0.0530. The van der Waals surface area contributed by atoms with E-state index in [2.05, 4.69) is 69.2 Å². The Hall–Kier alpha value is -4.16. The molecule has 11 atom stereocenters. The van der Waals surface area contributed by atoms with E-state index in [1.165, 1.54) is 25.4 Å². The molecule has 4 aromatic rings. The molecule has 2 aliphatic carbocycles. The number of benzene rings is 2. The number of para-hydroxylation sites is 1. The van der Waals surface area contributed by atoms with E-state index < -0.39 is 16.9 Å². The molecule has 0 radical (unpaired) electrons. The van der Waals surface area contributed by atoms with Crippen LogP contribution in [-0.4, -0.2) is 109 Å². The molecule has 5 fully saturated rings. The number of nitrogens with one attached hydrogen (secondary N) is 2. The molecule has 11 rings (SSSR count). The van der Waals surface area contributed by atoms with Gasteiger partial charge in [-0.15, -0.1) is 0 Å². The maximum Gasteiger partial charge on any atom is 0.319 e. The van der Waals surface area contributed by atoms with E-state index in [1.54, 1.807) is 7.11 Å². The first kappa shape index (κ1) is 35.3. The Balaban J connectivity index is 1.25. The van der Waals surface area contributed by atoms with Crippen molar-refractivity contribution in [2.45, 2.75) is 75.5 Å². The topological polar surface area (TPSA) is 129 Å². The van der Waals surface area contributed by atoms with E-state index in [1.807, 2.05) is 6.92 Å². The van der Waals surface area contributed by atoms with Crippen LogP contribution in [0.1, 0.15) is 67.1 Å². The van der Waals surface area contributed by atoms with E-state index in [0.29, 0.717) is 26.0 Å². The molecule has 8 bridgehead atoms. The van der Waals surface area contributed by atoms with Gasteiger partial charge in [-0.1, -0.05) is 29.8 Å². The molecule has 2 aromatic heterocycles. The standard InChI is InChI=1S/C44H52N4O7/c1-6-25-20-48-22-55-21-44(42(51)54-5)32(25)16-31(37-30(17-35(44)48)26-9-7-8-10-33(26)45-37)36-34(52-3)12-11-27-28-13-14-47-19-24-15-29(23(2)49)40(47)43(18-24,41(50)53-4)39(28)46-38(27)36/h6-12,23-24,29,31-32,35,40,45-46,49H,13-22H2,1-5H3/b25-6+/t23-,24+,29+,31-,32-,35-,40-,43+,44-/m0/s1. The lowest BCUT2D eigenvalue weighted by molar-refractivity contribution is -0.199. The Labute approximate surface area is 321 Å². The third-order valence-corrected chi connectivity index (χ3v) is 15.0. The normalized spacial score (nSPS) is 36.0. The number of aliphatic hydroxyl groups excluding tert-OH is 1. The molecule has 7 heterocycles. The number of rotatable bonds is 5. The van der Waals surface area contributed by atoms with Gasteiger partial charge in [0, 0.05) is 82.7 Å². The number of hydrogen-bond acceptors (Lipinski definition) is 9. The Morgan fingerprint density at radius 3 is 2.60 bits per heavy atom. The van der Waals surface area contributed by atoms with Crippen LogP contribution in [-0.2, 0) is 42.1 Å². The fourth-order valence-corrected chi connectivity index (χ4v) is 12.9. The van der Waals surface area contributed by atoms with Crippen molar-refractivity contribution in [1.29, 1.82) is 0 Å². The van der Waals surface area contributed by atoms with Crippen molar-refractivity contribution in [1.82, 2.24) is 19.8 Å². The summed E-state index contributed by atoms with van der Waals surface area (Å²) in [6.45, 7) is 7.15. The Morgan fingerprint density at radius 1 is 1.02 bits per heavy atom. The average Bonchev–Trinajstić information content (AvgIpc) is 3.73. The van der Waals surface area contributed by atoms with Crippen LogP contribution >= 0.6 is 0 Å². The van der Waals surface area contributed by atoms with Gasteiger partial charge in [-0.05, 0) is 81.2 Å². The predicted octanol–water partition coefficient (Wildman–Crippen LogP) is 5.19. The van der Waals surface area contributed by atoms with Crippen molar-refractivity contribution in [2.75, 3.05) is 54.3 Å². The Bertz CT molecular complexity index is 2260. The molecule has 3 N–H and O–H groups in total. The van der Waals surface area contributed by atoms with Crippen LogP contribution in [0.3, 0.4) is 0 Å². The zero-order valence-electron chi connectivity index (χ0n) is 32.4. The summed E-state index contributed by atoms with van der Waals surface area (Å²) in [5.74, 6) is 0.107. The average molecular weight is 749 g/mol. The van der Waals surface area contributed by atoms with Gasteiger partial charge in [0.1, 0.15) is 16.6 Å². The van der Waals surface area contributed by atoms with E-state index in [9.17, 15) is 14.7 Å². The van der Waals surface area contributed by atoms with Gasteiger partial charge in [-0.3, -0.25) is 19.4 Å². The molecule has 2 unspecified atom stereocenters. The zero-order valence-corrected chi connectivity index (χ0v) is 32.4. The highest BCUT2D eigenvalue weighted by atomic mass is 16.5. The van der Waals surface area contributed by atoms with Crippen LogP contribution in [0.5, 0.6) is 5.75 Å². The van der Waals surface area contributed by atoms with Gasteiger partial charge in [-0.2, -0.15) is 0 Å². The number of hydrogen-bond donors (Lipinski definition) is 3. The number of H-pyrrole nitrogens is 2. The van der Waals surface area contributed by atoms with Crippen molar-refractivity contribution in [2.24, 2.45) is 23.2 Å². The number of aromatic amines is 2. The highest BCUT2D eigenvalue weighted by Gasteiger charge is 2.65. The van der Waals surface area contributed by atoms with Crippen molar-refractivity contribution >= 4 is 33.7 Å². The quantitative estimate of drug-likeness (QED) is 0.187. The number of fused-ring (bicyclic) bond motifs is 7. The van der Waals surface area contributed by atoms with E-state index >= 15 is 0 Å². The lowest BCUT2D eigenvalue weighted by Crippen LogP contribution is -2.68. The lowest BCUT2D eigenvalue weighted by Gasteiger charge is -2.58. The minimum Gasteiger partial charge on any atom is -0.496 e. The number of carbonyl (C=O) groups is 2. The van der Waals surface area contributed by atoms with Crippen molar-refractivity contribution < 1.29 is 33.6 Å². The summed E-state index contributed by atoms with van der Waals surface area (Å²) in [5.41, 5.74) is 6.77. The summed E-state index contributed by atoms with van der Waals surface area (Å²) < 4.78 is 24.1. The van der Waals surface area contributed by atoms with Crippen molar-refractivity contribution in [3.63, 3.8) is 0 Å². The number of aliphatic hydroxyl groups is 1. The smallest absolute Gasteiger partial charge is 0.319 e. The number of allylic oxidation sites excluding steroid dienone is 1. The molecule has 5 aliphatic heterocycles. The fraction of sp³-hybridized carbons (Fsp3) is 0.545. The minimum atomic E-state index is -0.952. The molecule has 2 aromatic carbocycles. The summed E-state index contributed by atoms with van der Waals surface area (Å²) in [5, 5.41) is 13.4. The van der Waals surface area contributed by atoms with Gasteiger partial charge >= 0.3 is 11.9 Å². The second-order valence-corrected chi connectivity index (χ2v) is 17.2. The van der Waals surface area contributed by atoms with Crippen molar-refractivity contribution in [3.05, 3.63) is 76.1 Å². The van der Waals surface area contributed by atoms with Crippen LogP contribution in [0.15, 0.2) is 48.0 Å². The second kappa shape index (κ2) is 12.7. The maximum atomic E-state index is 14.5. The monoisotopic (exact) mass is 748 g/mol. The number of esters is 2. The third-order valence-electron chi connectivity index (χ3n) is 15.0. The molecule has 0 amide bonds. The highest BCUT2D eigenvalue weighted by Crippen LogP contribution is 2.59. The number of ether oxygens (including phenoxy) is 4. The molecular weight excluding hydrogens is 697 g/mol. The first-order chi connectivity index (χ1) is 26.7. The molecular formula is C44H52N4O7. The summed E-state index contributed by atoms with van der Waals surface area (Å²) in [6.07, 6.45) is 5.26. The number of carbonyl (C=O) groups excluding carboxylic acids is 2. The molecule has 7 aliphatic rings. The molecule has 4 saturated heterocycles. The van der Waals surface area contributed by atoms with Crippen LogP contribution in [0, 0.1) is 23.2 Å². The number of nitrogens with zero attached hydrogens (tertiary/aromatic N) is 2. The molecule has 11 nitrogen and oxygen atoms in total. The summed E-state index contributed by atoms with van der Waals surface area (Å²) in [7, 11) is 4.73. The van der Waals surface area contributed by atoms with Gasteiger partial charge in [0.25, 0.3) is 0 Å². The maximum absolute atomic E-state index is 14.5. The summed E-state index contributed by atoms with van der Waals surface area (Å²) in [6, 6.07) is 12.4. The van der Waals surface area contributed by atoms with Gasteiger partial charge in [0.05, 0.1) is 46.3 Å². The summed E-state index contributed by atoms with van der Waals surface area (Å²) >= 11 is 0. The van der Waals surface area contributed by atoms with Crippen LogP contribution < -0.4 is 4.74 Å². The van der Waals surface area contributed by atoms with E-state index in [4.69, 9.17) is 18.9 Å². The number of methoxy groups -OCH3 is 3. The van der Waals surface area contributed by atoms with E-state index in [-0.39, 0.29) is 54.3 Å². The molecule has 55 heavy (non-hydrogen) atoms. The largest absolute Gasteiger partial charge is 0.496 e. The molecule has 1 saturated carbocycles. The molecule has 11 heteroatoms. The van der Waals surface area contributed by atoms with Crippen LogP contribution in [0.25, 0.3) is 21.8 Å². The highest BCUT2D eigenvalue weighted by molar-refractivity contribution is 5.95. The predicted molar refractivity (Wildman–Crippen MR) is 207 cm³/mol. The van der Waals surface area contributed by atoms with Crippen LogP contribution in [0.2, 0.25) is 0 Å². The first-order valence-electron chi connectivity index (χ1n) is 20.1. The van der Waals surface area contributed by atoms with Gasteiger partial charge in [0.15, 0.2) is 0 Å². The van der Waals surface area contributed by atoms with Crippen molar-refractivity contribution in [3.8, 4) is 5.75 Å². The third kappa shape index (κ3) is 4.64. The van der Waals surface area contributed by atoms with Gasteiger partial charge < -0.3 is 34.0 Å².